The predicted octanol–water partition coefficient (Wildman–Crippen LogP) is 3.07. The van der Waals surface area contributed by atoms with Crippen LogP contribution in [0.5, 0.6) is 0 Å². The summed E-state index contributed by atoms with van der Waals surface area (Å²) >= 11 is 0. The predicted molar refractivity (Wildman–Crippen MR) is 56.9 cm³/mol. The van der Waals surface area contributed by atoms with E-state index in [9.17, 15) is 4.79 Å². The molecule has 0 saturated heterocycles. The maximum Gasteiger partial charge on any atom is 0.303 e. The number of ether oxygens (including phenoxy) is 1. The van der Waals surface area contributed by atoms with Crippen LogP contribution in [0, 0.1) is 5.92 Å². The standard InChI is InChI=1S/C12H20O2/c1-9-5-7-11(8-6-9)12(3,4)14-10(2)13/h5,11H,6-8H2,1-4H3/t11-/m1/s1. The highest BCUT2D eigenvalue weighted by atomic mass is 16.6. The molecule has 0 unspecified atom stereocenters. The Morgan fingerprint density at radius 1 is 1.57 bits per heavy atom. The largest absolute Gasteiger partial charge is 0.460 e. The Labute approximate surface area is 86.3 Å². The zero-order valence-corrected chi connectivity index (χ0v) is 9.59. The lowest BCUT2D eigenvalue weighted by molar-refractivity contribution is -0.159. The van der Waals surface area contributed by atoms with Crippen molar-refractivity contribution in [2.75, 3.05) is 0 Å². The van der Waals surface area contributed by atoms with E-state index in [2.05, 4.69) is 13.0 Å². The van der Waals surface area contributed by atoms with Gasteiger partial charge in [0, 0.05) is 12.8 Å². The molecule has 80 valence electrons. The highest BCUT2D eigenvalue weighted by molar-refractivity contribution is 5.66. The number of carbonyl (C=O) groups is 1. The minimum absolute atomic E-state index is 0.179. The average Bonchev–Trinajstić information content (AvgIpc) is 2.02. The summed E-state index contributed by atoms with van der Waals surface area (Å²) in [7, 11) is 0. The second kappa shape index (κ2) is 4.16. The zero-order valence-electron chi connectivity index (χ0n) is 9.59. The number of allylic oxidation sites excluding steroid dienone is 2. The van der Waals surface area contributed by atoms with Gasteiger partial charge in [0.25, 0.3) is 0 Å². The molecule has 2 heteroatoms. The van der Waals surface area contributed by atoms with E-state index in [-0.39, 0.29) is 11.6 Å². The maximum atomic E-state index is 10.9. The second-order valence-corrected chi connectivity index (χ2v) is 4.72. The van der Waals surface area contributed by atoms with Gasteiger partial charge in [0.15, 0.2) is 0 Å². The van der Waals surface area contributed by atoms with Crippen LogP contribution in [0.15, 0.2) is 11.6 Å². The molecule has 0 N–H and O–H groups in total. The van der Waals surface area contributed by atoms with Gasteiger partial charge in [0.05, 0.1) is 0 Å². The zero-order chi connectivity index (χ0) is 10.8. The van der Waals surface area contributed by atoms with Crippen LogP contribution in [-0.4, -0.2) is 11.6 Å². The Morgan fingerprint density at radius 3 is 2.64 bits per heavy atom. The quantitative estimate of drug-likeness (QED) is 0.501. The van der Waals surface area contributed by atoms with E-state index in [4.69, 9.17) is 4.74 Å². The third-order valence-electron chi connectivity index (χ3n) is 3.03. The number of hydrogen-bond donors (Lipinski definition) is 0. The number of carbonyl (C=O) groups excluding carboxylic acids is 1. The van der Waals surface area contributed by atoms with Gasteiger partial charge in [-0.2, -0.15) is 0 Å². The van der Waals surface area contributed by atoms with Crippen LogP contribution in [0.3, 0.4) is 0 Å². The highest BCUT2D eigenvalue weighted by Crippen LogP contribution is 2.33. The number of rotatable bonds is 2. The molecular weight excluding hydrogens is 176 g/mol. The lowest BCUT2D eigenvalue weighted by Gasteiger charge is -2.35. The first-order valence-corrected chi connectivity index (χ1v) is 5.27. The number of esters is 1. The van der Waals surface area contributed by atoms with Crippen LogP contribution < -0.4 is 0 Å². The normalized spacial score (nSPS) is 22.9. The smallest absolute Gasteiger partial charge is 0.303 e. The summed E-state index contributed by atoms with van der Waals surface area (Å²) in [6.07, 6.45) is 5.56. The average molecular weight is 196 g/mol. The minimum atomic E-state index is -0.316. The minimum Gasteiger partial charge on any atom is -0.460 e. The van der Waals surface area contributed by atoms with Crippen molar-refractivity contribution in [1.82, 2.24) is 0 Å². The molecule has 0 amide bonds. The Bertz CT molecular complexity index is 251. The molecule has 0 fully saturated rings. The molecule has 0 heterocycles. The molecule has 1 aliphatic rings. The van der Waals surface area contributed by atoms with Crippen molar-refractivity contribution in [3.05, 3.63) is 11.6 Å². The molecule has 0 spiro atoms. The third-order valence-corrected chi connectivity index (χ3v) is 3.03. The summed E-state index contributed by atoms with van der Waals surface area (Å²) in [5.41, 5.74) is 1.14. The molecule has 1 rings (SSSR count). The molecule has 14 heavy (non-hydrogen) atoms. The van der Waals surface area contributed by atoms with Crippen LogP contribution in [-0.2, 0) is 9.53 Å². The van der Waals surface area contributed by atoms with Gasteiger partial charge in [-0.15, -0.1) is 0 Å². The van der Waals surface area contributed by atoms with E-state index in [0.29, 0.717) is 5.92 Å². The summed E-state index contributed by atoms with van der Waals surface area (Å²) < 4.78 is 5.34. The van der Waals surface area contributed by atoms with Crippen LogP contribution >= 0.6 is 0 Å². The summed E-state index contributed by atoms with van der Waals surface area (Å²) in [5, 5.41) is 0. The summed E-state index contributed by atoms with van der Waals surface area (Å²) in [4.78, 5) is 10.9. The molecule has 1 aliphatic carbocycles. The summed E-state index contributed by atoms with van der Waals surface area (Å²) in [6.45, 7) is 7.65. The monoisotopic (exact) mass is 196 g/mol. The number of hydrogen-bond acceptors (Lipinski definition) is 2. The fourth-order valence-corrected chi connectivity index (χ4v) is 2.05. The molecule has 0 radical (unpaired) electrons. The second-order valence-electron chi connectivity index (χ2n) is 4.72. The molecule has 1 atom stereocenters. The van der Waals surface area contributed by atoms with Gasteiger partial charge in [-0.1, -0.05) is 11.6 Å². The first-order valence-electron chi connectivity index (χ1n) is 5.27. The van der Waals surface area contributed by atoms with Crippen molar-refractivity contribution in [3.8, 4) is 0 Å². The summed E-state index contributed by atoms with van der Waals surface area (Å²) in [5.74, 6) is 0.288. The Morgan fingerprint density at radius 2 is 2.21 bits per heavy atom. The van der Waals surface area contributed by atoms with E-state index in [1.165, 1.54) is 12.5 Å². The van der Waals surface area contributed by atoms with Gasteiger partial charge in [-0.25, -0.2) is 0 Å². The Kier molecular flexibility index (Phi) is 3.35. The van der Waals surface area contributed by atoms with E-state index in [1.54, 1.807) is 0 Å². The van der Waals surface area contributed by atoms with Crippen LogP contribution in [0.25, 0.3) is 0 Å². The first-order chi connectivity index (χ1) is 6.42. The van der Waals surface area contributed by atoms with Crippen molar-refractivity contribution in [2.45, 2.75) is 52.6 Å². The molecule has 0 aliphatic heterocycles. The maximum absolute atomic E-state index is 10.9. The highest BCUT2D eigenvalue weighted by Gasteiger charge is 2.32. The molecule has 0 aromatic heterocycles. The van der Waals surface area contributed by atoms with Gasteiger partial charge in [0.2, 0.25) is 0 Å². The van der Waals surface area contributed by atoms with Crippen molar-refractivity contribution in [2.24, 2.45) is 5.92 Å². The van der Waals surface area contributed by atoms with Crippen molar-refractivity contribution >= 4 is 5.97 Å². The fraction of sp³-hybridized carbons (Fsp3) is 0.750. The van der Waals surface area contributed by atoms with Crippen molar-refractivity contribution in [3.63, 3.8) is 0 Å². The van der Waals surface area contributed by atoms with Crippen LogP contribution in [0.2, 0.25) is 0 Å². The fourth-order valence-electron chi connectivity index (χ4n) is 2.05. The Hall–Kier alpha value is -0.790. The van der Waals surface area contributed by atoms with Crippen molar-refractivity contribution < 1.29 is 9.53 Å². The molecule has 0 aromatic carbocycles. The van der Waals surface area contributed by atoms with E-state index >= 15 is 0 Å². The van der Waals surface area contributed by atoms with Crippen molar-refractivity contribution in [1.29, 1.82) is 0 Å². The van der Waals surface area contributed by atoms with Gasteiger partial charge < -0.3 is 4.74 Å². The molecule has 2 nitrogen and oxygen atoms in total. The van der Waals surface area contributed by atoms with Gasteiger partial charge >= 0.3 is 5.97 Å². The lowest BCUT2D eigenvalue weighted by atomic mass is 9.79. The lowest BCUT2D eigenvalue weighted by Crippen LogP contribution is -2.36. The van der Waals surface area contributed by atoms with Gasteiger partial charge in [0.1, 0.15) is 5.60 Å². The third kappa shape index (κ3) is 2.86. The van der Waals surface area contributed by atoms with Gasteiger partial charge in [-0.3, -0.25) is 4.79 Å². The SMILES string of the molecule is CC(=O)OC(C)(C)[C@@H]1CC=C(C)CC1. The van der Waals surface area contributed by atoms with Gasteiger partial charge in [-0.05, 0) is 40.0 Å². The van der Waals surface area contributed by atoms with Crippen LogP contribution in [0.4, 0.5) is 0 Å². The molecule has 0 aromatic rings. The first kappa shape index (κ1) is 11.3. The molecular formula is C12H20O2. The molecule has 0 bridgehead atoms. The van der Waals surface area contributed by atoms with E-state index in [0.717, 1.165) is 19.3 Å². The van der Waals surface area contributed by atoms with E-state index < -0.39 is 0 Å². The molecule has 0 saturated carbocycles. The Balaban J connectivity index is 2.60. The summed E-state index contributed by atoms with van der Waals surface area (Å²) in [6, 6.07) is 0. The van der Waals surface area contributed by atoms with Crippen LogP contribution in [0.1, 0.15) is 47.0 Å². The van der Waals surface area contributed by atoms with E-state index in [1.807, 2.05) is 13.8 Å². The topological polar surface area (TPSA) is 26.3 Å².